The maximum absolute atomic E-state index is 12.5. The van der Waals surface area contributed by atoms with Gasteiger partial charge >= 0.3 is 6.18 Å². The Morgan fingerprint density at radius 3 is 2.10 bits per heavy atom. The van der Waals surface area contributed by atoms with Crippen molar-refractivity contribution in [2.75, 3.05) is 0 Å². The van der Waals surface area contributed by atoms with E-state index in [0.717, 1.165) is 31.2 Å². The molecule has 0 unspecified atom stereocenters. The van der Waals surface area contributed by atoms with Crippen molar-refractivity contribution in [1.29, 1.82) is 0 Å². The minimum absolute atomic E-state index is 0.394. The second kappa shape index (κ2) is 6.29. The van der Waals surface area contributed by atoms with E-state index in [1.807, 2.05) is 6.08 Å². The lowest BCUT2D eigenvalue weighted by Gasteiger charge is -2.27. The molecule has 1 aromatic rings. The molecule has 0 amide bonds. The van der Waals surface area contributed by atoms with E-state index in [1.54, 1.807) is 18.2 Å². The molecule has 0 radical (unpaired) electrons. The van der Waals surface area contributed by atoms with Crippen LogP contribution < -0.4 is 0 Å². The van der Waals surface area contributed by atoms with Crippen molar-refractivity contribution in [1.82, 2.24) is 0 Å². The maximum atomic E-state index is 12.5. The van der Waals surface area contributed by atoms with E-state index in [2.05, 4.69) is 12.7 Å². The molecular weight excluding hydrogens is 261 g/mol. The molecule has 1 saturated carbocycles. The minimum atomic E-state index is -4.24. The summed E-state index contributed by atoms with van der Waals surface area (Å²) in [5.74, 6) is 0.976. The van der Waals surface area contributed by atoms with Gasteiger partial charge < -0.3 is 0 Å². The smallest absolute Gasteiger partial charge is 0.166 e. The Hall–Kier alpha value is -1.51. The summed E-state index contributed by atoms with van der Waals surface area (Å²) >= 11 is 0. The molecule has 0 aliphatic heterocycles. The van der Waals surface area contributed by atoms with Crippen molar-refractivity contribution < 1.29 is 13.2 Å². The Kier molecular flexibility index (Phi) is 4.69. The maximum Gasteiger partial charge on any atom is 0.416 e. The van der Waals surface area contributed by atoms with Gasteiger partial charge in [-0.2, -0.15) is 13.2 Å². The second-order valence-corrected chi connectivity index (χ2v) is 5.35. The lowest BCUT2D eigenvalue weighted by molar-refractivity contribution is -0.137. The SMILES string of the molecule is C=C/C=C/C1CCC(c2ccc(C(F)(F)F)cc2)CC1. The van der Waals surface area contributed by atoms with Gasteiger partial charge in [-0.25, -0.2) is 0 Å². The average molecular weight is 280 g/mol. The Balaban J connectivity index is 1.97. The highest BCUT2D eigenvalue weighted by molar-refractivity contribution is 5.27. The van der Waals surface area contributed by atoms with E-state index < -0.39 is 11.7 Å². The van der Waals surface area contributed by atoms with Crippen molar-refractivity contribution in [3.05, 3.63) is 60.2 Å². The van der Waals surface area contributed by atoms with Crippen LogP contribution in [0.4, 0.5) is 13.2 Å². The third-order valence-electron chi connectivity index (χ3n) is 4.00. The van der Waals surface area contributed by atoms with Gasteiger partial charge in [0.2, 0.25) is 0 Å². The van der Waals surface area contributed by atoms with Gasteiger partial charge in [0.05, 0.1) is 5.56 Å². The Morgan fingerprint density at radius 2 is 1.60 bits per heavy atom. The van der Waals surface area contributed by atoms with Gasteiger partial charge in [-0.15, -0.1) is 0 Å². The first-order valence-corrected chi connectivity index (χ1v) is 6.97. The molecule has 0 saturated heterocycles. The zero-order chi connectivity index (χ0) is 14.6. The number of allylic oxidation sites excluding steroid dienone is 3. The highest BCUT2D eigenvalue weighted by Crippen LogP contribution is 2.37. The van der Waals surface area contributed by atoms with Crippen LogP contribution in [0.25, 0.3) is 0 Å². The van der Waals surface area contributed by atoms with E-state index in [4.69, 9.17) is 0 Å². The van der Waals surface area contributed by atoms with Crippen molar-refractivity contribution in [3.8, 4) is 0 Å². The molecule has 3 heteroatoms. The summed E-state index contributed by atoms with van der Waals surface area (Å²) in [5, 5.41) is 0. The van der Waals surface area contributed by atoms with E-state index in [9.17, 15) is 13.2 Å². The predicted molar refractivity (Wildman–Crippen MR) is 75.5 cm³/mol. The fourth-order valence-corrected chi connectivity index (χ4v) is 2.82. The van der Waals surface area contributed by atoms with Gasteiger partial charge in [-0.3, -0.25) is 0 Å². The molecule has 0 spiro atoms. The first-order chi connectivity index (χ1) is 9.50. The number of hydrogen-bond acceptors (Lipinski definition) is 0. The normalized spacial score (nSPS) is 23.9. The number of halogens is 3. The number of alkyl halides is 3. The number of benzene rings is 1. The van der Waals surface area contributed by atoms with Crippen LogP contribution in [0, 0.1) is 5.92 Å². The van der Waals surface area contributed by atoms with Crippen LogP contribution in [0.5, 0.6) is 0 Å². The molecule has 0 atom stereocenters. The van der Waals surface area contributed by atoms with Crippen molar-refractivity contribution in [2.45, 2.75) is 37.8 Å². The summed E-state index contributed by atoms with van der Waals surface area (Å²) < 4.78 is 37.5. The van der Waals surface area contributed by atoms with Crippen LogP contribution in [0.1, 0.15) is 42.7 Å². The van der Waals surface area contributed by atoms with E-state index in [0.29, 0.717) is 11.8 Å². The molecule has 0 aromatic heterocycles. The topological polar surface area (TPSA) is 0 Å². The molecular formula is C17H19F3. The average Bonchev–Trinajstić information content (AvgIpc) is 2.45. The monoisotopic (exact) mass is 280 g/mol. The lowest BCUT2D eigenvalue weighted by Crippen LogP contribution is -2.12. The van der Waals surface area contributed by atoms with Crippen LogP contribution in [-0.2, 0) is 6.18 Å². The van der Waals surface area contributed by atoms with E-state index in [1.165, 1.54) is 12.1 Å². The molecule has 0 N–H and O–H groups in total. The van der Waals surface area contributed by atoms with Gasteiger partial charge in [-0.1, -0.05) is 36.9 Å². The predicted octanol–water partition coefficient (Wildman–Crippen LogP) is 5.72. The lowest BCUT2D eigenvalue weighted by atomic mass is 9.78. The van der Waals surface area contributed by atoms with Crippen molar-refractivity contribution >= 4 is 0 Å². The molecule has 1 aliphatic carbocycles. The molecule has 0 bridgehead atoms. The molecule has 108 valence electrons. The zero-order valence-electron chi connectivity index (χ0n) is 11.4. The summed E-state index contributed by atoms with van der Waals surface area (Å²) in [6, 6.07) is 5.65. The summed E-state index contributed by atoms with van der Waals surface area (Å²) in [6.07, 6.45) is 5.95. The molecule has 0 heterocycles. The van der Waals surface area contributed by atoms with Gasteiger partial charge in [0.25, 0.3) is 0 Å². The standard InChI is InChI=1S/C17H19F3/c1-2-3-4-13-5-7-14(8-6-13)15-9-11-16(12-10-15)17(18,19)20/h2-4,9-14H,1,5-8H2/b4-3+. The molecule has 1 aromatic carbocycles. The second-order valence-electron chi connectivity index (χ2n) is 5.35. The van der Waals surface area contributed by atoms with E-state index >= 15 is 0 Å². The van der Waals surface area contributed by atoms with Crippen molar-refractivity contribution in [2.24, 2.45) is 5.92 Å². The first kappa shape index (κ1) is 14.9. The largest absolute Gasteiger partial charge is 0.416 e. The third kappa shape index (κ3) is 3.75. The summed E-state index contributed by atoms with van der Waals surface area (Å²) in [6.45, 7) is 3.66. The van der Waals surface area contributed by atoms with Crippen LogP contribution in [0.3, 0.4) is 0 Å². The highest BCUT2D eigenvalue weighted by atomic mass is 19.4. The first-order valence-electron chi connectivity index (χ1n) is 6.97. The number of hydrogen-bond donors (Lipinski definition) is 0. The highest BCUT2D eigenvalue weighted by Gasteiger charge is 2.30. The Bertz CT molecular complexity index is 460. The van der Waals surface area contributed by atoms with Crippen LogP contribution in [0.15, 0.2) is 49.1 Å². The number of rotatable bonds is 3. The summed E-state index contributed by atoms with van der Waals surface area (Å²) in [4.78, 5) is 0. The zero-order valence-corrected chi connectivity index (χ0v) is 11.4. The molecule has 20 heavy (non-hydrogen) atoms. The van der Waals surface area contributed by atoms with Gasteiger partial charge in [-0.05, 0) is 55.2 Å². The van der Waals surface area contributed by atoms with Crippen LogP contribution >= 0.6 is 0 Å². The van der Waals surface area contributed by atoms with Crippen LogP contribution in [-0.4, -0.2) is 0 Å². The summed E-state index contributed by atoms with van der Waals surface area (Å²) in [5.41, 5.74) is 0.466. The third-order valence-corrected chi connectivity index (χ3v) is 4.00. The van der Waals surface area contributed by atoms with Crippen LogP contribution in [0.2, 0.25) is 0 Å². The molecule has 2 rings (SSSR count). The van der Waals surface area contributed by atoms with Gasteiger partial charge in [0.15, 0.2) is 0 Å². The minimum Gasteiger partial charge on any atom is -0.166 e. The quantitative estimate of drug-likeness (QED) is 0.621. The van der Waals surface area contributed by atoms with Gasteiger partial charge in [0, 0.05) is 0 Å². The van der Waals surface area contributed by atoms with E-state index in [-0.39, 0.29) is 0 Å². The Labute approximate surface area is 118 Å². The molecule has 0 nitrogen and oxygen atoms in total. The molecule has 1 aliphatic rings. The van der Waals surface area contributed by atoms with Gasteiger partial charge in [0.1, 0.15) is 0 Å². The summed E-state index contributed by atoms with van der Waals surface area (Å²) in [7, 11) is 0. The fourth-order valence-electron chi connectivity index (χ4n) is 2.82. The Morgan fingerprint density at radius 1 is 1.00 bits per heavy atom. The van der Waals surface area contributed by atoms with Crippen molar-refractivity contribution in [3.63, 3.8) is 0 Å². The molecule has 1 fully saturated rings. The fraction of sp³-hybridized carbons (Fsp3) is 0.412.